The lowest BCUT2D eigenvalue weighted by molar-refractivity contribution is -0.111. The van der Waals surface area contributed by atoms with E-state index in [2.05, 4.69) is 14.8 Å². The van der Waals surface area contributed by atoms with Crippen LogP contribution < -0.4 is 9.47 Å². The molecule has 1 aromatic heterocycles. The quantitative estimate of drug-likeness (QED) is 0.588. The van der Waals surface area contributed by atoms with E-state index in [9.17, 15) is 4.79 Å². The van der Waals surface area contributed by atoms with Crippen LogP contribution >= 0.6 is 11.6 Å². The van der Waals surface area contributed by atoms with E-state index >= 15 is 4.39 Å². The Labute approximate surface area is 195 Å². The summed E-state index contributed by atoms with van der Waals surface area (Å²) in [6.45, 7) is 12.1. The van der Waals surface area contributed by atoms with Gasteiger partial charge in [0, 0.05) is 24.9 Å². The topological polar surface area (TPSA) is 87.4 Å². The number of piperidine rings is 1. The summed E-state index contributed by atoms with van der Waals surface area (Å²) in [5.41, 5.74) is 0.330. The molecule has 2 aliphatic rings. The van der Waals surface area contributed by atoms with Crippen LogP contribution in [0.15, 0.2) is 24.5 Å². The van der Waals surface area contributed by atoms with Crippen LogP contribution in [0.4, 0.5) is 14.9 Å². The average molecular weight is 477 g/mol. The Morgan fingerprint density at radius 1 is 1.27 bits per heavy atom. The van der Waals surface area contributed by atoms with Crippen LogP contribution in [0, 0.1) is 24.2 Å². The van der Waals surface area contributed by atoms with Crippen molar-refractivity contribution < 1.29 is 28.1 Å². The first kappa shape index (κ1) is 23.0. The van der Waals surface area contributed by atoms with Crippen molar-refractivity contribution >= 4 is 23.4 Å². The zero-order chi connectivity index (χ0) is 23.5. The van der Waals surface area contributed by atoms with Crippen LogP contribution in [-0.4, -0.2) is 59.5 Å². The number of likely N-dealkylation sites (tertiary alicyclic amines) is 1. The number of aromatic nitrogens is 2. The van der Waals surface area contributed by atoms with Gasteiger partial charge in [-0.3, -0.25) is 0 Å². The molecule has 2 aliphatic heterocycles. The van der Waals surface area contributed by atoms with Crippen molar-refractivity contribution in [1.29, 1.82) is 0 Å². The highest BCUT2D eigenvalue weighted by molar-refractivity contribution is 6.32. The molecule has 1 aromatic carbocycles. The molecule has 33 heavy (non-hydrogen) atoms. The summed E-state index contributed by atoms with van der Waals surface area (Å²) in [7, 11) is 0. The van der Waals surface area contributed by atoms with Crippen LogP contribution in [0.2, 0.25) is 5.02 Å². The van der Waals surface area contributed by atoms with Crippen molar-refractivity contribution in [2.75, 3.05) is 26.3 Å². The fourth-order valence-corrected chi connectivity index (χ4v) is 4.10. The summed E-state index contributed by atoms with van der Waals surface area (Å²) in [5.74, 6) is -1.68. The van der Waals surface area contributed by atoms with Gasteiger partial charge < -0.3 is 23.8 Å². The maximum Gasteiger partial charge on any atom is 0.410 e. The molecule has 0 saturated carbocycles. The van der Waals surface area contributed by atoms with Crippen LogP contribution in [0.25, 0.3) is 4.85 Å². The maximum atomic E-state index is 15.1. The van der Waals surface area contributed by atoms with Gasteiger partial charge in [0.15, 0.2) is 5.69 Å². The lowest BCUT2D eigenvalue weighted by Crippen LogP contribution is -2.59. The van der Waals surface area contributed by atoms with E-state index in [0.717, 1.165) is 6.33 Å². The third-order valence-corrected chi connectivity index (χ3v) is 5.62. The first-order valence-corrected chi connectivity index (χ1v) is 10.8. The van der Waals surface area contributed by atoms with Gasteiger partial charge in [0.05, 0.1) is 30.9 Å². The first-order chi connectivity index (χ1) is 15.9. The molecular weight excluding hydrogens is 455 g/mol. The van der Waals surface area contributed by atoms with Gasteiger partial charge in [0.2, 0.25) is 5.82 Å². The van der Waals surface area contributed by atoms with E-state index in [0.29, 0.717) is 32.0 Å². The minimum absolute atomic E-state index is 0.148. The predicted octanol–water partition coefficient (Wildman–Crippen LogP) is 4.48. The number of hydrogen-bond acceptors (Lipinski definition) is 7. The Morgan fingerprint density at radius 2 is 1.97 bits per heavy atom. The average Bonchev–Trinajstić information content (AvgIpc) is 2.76. The smallest absolute Gasteiger partial charge is 0.410 e. The molecule has 2 atom stereocenters. The molecule has 1 amide bonds. The minimum Gasteiger partial charge on any atom is -0.471 e. The van der Waals surface area contributed by atoms with Gasteiger partial charge in [-0.25, -0.2) is 9.64 Å². The van der Waals surface area contributed by atoms with Gasteiger partial charge >= 0.3 is 6.09 Å². The highest BCUT2D eigenvalue weighted by atomic mass is 35.5. The Kier molecular flexibility index (Phi) is 6.81. The molecule has 9 nitrogen and oxygen atoms in total. The Hall–Kier alpha value is -3.16. The van der Waals surface area contributed by atoms with Gasteiger partial charge in [0.25, 0.3) is 11.8 Å². The number of halogens is 2. The van der Waals surface area contributed by atoms with E-state index in [1.165, 1.54) is 18.2 Å². The van der Waals surface area contributed by atoms with Gasteiger partial charge in [-0.2, -0.15) is 14.4 Å². The third kappa shape index (κ3) is 5.10. The maximum absolute atomic E-state index is 15.1. The second-order valence-electron chi connectivity index (χ2n) is 8.10. The number of amides is 1. The molecule has 2 unspecified atom stereocenters. The lowest BCUT2D eigenvalue weighted by Gasteiger charge is -2.45. The van der Waals surface area contributed by atoms with E-state index < -0.39 is 11.9 Å². The van der Waals surface area contributed by atoms with Crippen molar-refractivity contribution in [2.24, 2.45) is 11.8 Å². The van der Waals surface area contributed by atoms with Crippen molar-refractivity contribution in [3.63, 3.8) is 0 Å². The predicted molar refractivity (Wildman–Crippen MR) is 115 cm³/mol. The van der Waals surface area contributed by atoms with Gasteiger partial charge in [-0.1, -0.05) is 17.7 Å². The SMILES string of the molecule is [C-]#[N+]c1ccc(Oc2ncnc(OC3C4COCC3CN(C(=O)OC(C)C)C4)c2F)c(Cl)c1. The summed E-state index contributed by atoms with van der Waals surface area (Å²) in [6.07, 6.45) is 0.129. The number of carbonyl (C=O) groups excluding carboxylic acids is 1. The number of hydrogen-bond donors (Lipinski definition) is 0. The number of fused-ring (bicyclic) bond motifs is 2. The largest absolute Gasteiger partial charge is 0.471 e. The summed E-state index contributed by atoms with van der Waals surface area (Å²) >= 11 is 6.12. The number of ether oxygens (including phenoxy) is 4. The third-order valence-electron chi connectivity index (χ3n) is 5.32. The monoisotopic (exact) mass is 476 g/mol. The highest BCUT2D eigenvalue weighted by Crippen LogP contribution is 2.36. The summed E-state index contributed by atoms with van der Waals surface area (Å²) in [5, 5.41) is 0.149. The number of rotatable bonds is 5. The molecule has 0 N–H and O–H groups in total. The molecule has 2 bridgehead atoms. The number of nitrogens with zero attached hydrogens (tertiary/aromatic N) is 4. The fraction of sp³-hybridized carbons (Fsp3) is 0.455. The van der Waals surface area contributed by atoms with Crippen molar-refractivity contribution in [1.82, 2.24) is 14.9 Å². The van der Waals surface area contributed by atoms with E-state index in [1.807, 2.05) is 0 Å². The first-order valence-electron chi connectivity index (χ1n) is 10.4. The van der Waals surface area contributed by atoms with Crippen molar-refractivity contribution in [3.05, 3.63) is 46.8 Å². The van der Waals surface area contributed by atoms with Crippen LogP contribution in [0.5, 0.6) is 17.5 Å². The van der Waals surface area contributed by atoms with Crippen LogP contribution in [0.1, 0.15) is 13.8 Å². The van der Waals surface area contributed by atoms with Gasteiger partial charge in [-0.15, -0.1) is 0 Å². The fourth-order valence-electron chi connectivity index (χ4n) is 3.88. The van der Waals surface area contributed by atoms with E-state index in [4.69, 9.17) is 37.1 Å². The summed E-state index contributed by atoms with van der Waals surface area (Å²) in [6, 6.07) is 4.38. The molecule has 2 aromatic rings. The van der Waals surface area contributed by atoms with Crippen LogP contribution in [0.3, 0.4) is 0 Å². The molecule has 2 fully saturated rings. The molecule has 0 spiro atoms. The zero-order valence-electron chi connectivity index (χ0n) is 18.0. The molecule has 11 heteroatoms. The second-order valence-corrected chi connectivity index (χ2v) is 8.51. The molecule has 2 saturated heterocycles. The standard InChI is InChI=1S/C22H22ClFN4O5/c1-12(2)31-22(29)28-7-13-9-30-10-14(8-28)19(13)33-21-18(24)20(26-11-27-21)32-17-5-4-15(25-3)6-16(17)23/h4-6,11-14,19H,7-10H2,1-2H3. The summed E-state index contributed by atoms with van der Waals surface area (Å²) in [4.78, 5) is 25.0. The van der Waals surface area contributed by atoms with Crippen molar-refractivity contribution in [2.45, 2.75) is 26.1 Å². The minimum atomic E-state index is -0.872. The molecule has 0 radical (unpaired) electrons. The molecule has 3 heterocycles. The highest BCUT2D eigenvalue weighted by Gasteiger charge is 2.44. The second kappa shape index (κ2) is 9.77. The van der Waals surface area contributed by atoms with E-state index in [1.54, 1.807) is 18.7 Å². The van der Waals surface area contributed by atoms with E-state index in [-0.39, 0.29) is 46.6 Å². The number of benzene rings is 1. The molecule has 4 rings (SSSR count). The molecule has 174 valence electrons. The Balaban J connectivity index is 1.49. The van der Waals surface area contributed by atoms with Gasteiger partial charge in [0.1, 0.15) is 18.2 Å². The zero-order valence-corrected chi connectivity index (χ0v) is 18.8. The lowest BCUT2D eigenvalue weighted by atomic mass is 9.84. The Morgan fingerprint density at radius 3 is 2.61 bits per heavy atom. The summed E-state index contributed by atoms with van der Waals surface area (Å²) < 4.78 is 37.6. The Bertz CT molecular complexity index is 1070. The molecule has 0 aliphatic carbocycles. The van der Waals surface area contributed by atoms with Gasteiger partial charge in [-0.05, 0) is 26.0 Å². The van der Waals surface area contributed by atoms with Crippen molar-refractivity contribution in [3.8, 4) is 17.5 Å². The number of carbonyl (C=O) groups is 1. The van der Waals surface area contributed by atoms with Crippen LogP contribution in [-0.2, 0) is 9.47 Å². The molecular formula is C22H22ClFN4O5. The normalized spacial score (nSPS) is 21.9.